The molecule has 7 nitrogen and oxygen atoms in total. The highest BCUT2D eigenvalue weighted by Gasteiger charge is 2.10. The summed E-state index contributed by atoms with van der Waals surface area (Å²) in [7, 11) is 0. The second-order valence-electron chi connectivity index (χ2n) is 3.79. The molecule has 0 radical (unpaired) electrons. The van der Waals surface area contributed by atoms with Crippen molar-refractivity contribution in [1.29, 1.82) is 0 Å². The molecule has 106 valence electrons. The van der Waals surface area contributed by atoms with E-state index in [-0.39, 0.29) is 11.7 Å². The number of hydrogen-bond acceptors (Lipinski definition) is 6. The Balaban J connectivity index is 1.89. The van der Waals surface area contributed by atoms with Gasteiger partial charge >= 0.3 is 0 Å². The van der Waals surface area contributed by atoms with Gasteiger partial charge in [0.25, 0.3) is 0 Å². The number of anilines is 1. The fourth-order valence-corrected chi connectivity index (χ4v) is 2.53. The molecule has 0 saturated heterocycles. The van der Waals surface area contributed by atoms with Crippen LogP contribution in [0.2, 0.25) is 0 Å². The summed E-state index contributed by atoms with van der Waals surface area (Å²) in [6, 6.07) is 7.43. The van der Waals surface area contributed by atoms with E-state index in [1.807, 2.05) is 24.3 Å². The highest BCUT2D eigenvalue weighted by molar-refractivity contribution is 9.10. The first-order valence-electron chi connectivity index (χ1n) is 5.84. The van der Waals surface area contributed by atoms with Crippen LogP contribution in [0.4, 0.5) is 5.69 Å². The number of carbonyl (C=O) groups excluding carboxylic acids is 1. The fourth-order valence-electron chi connectivity index (χ4n) is 1.44. The smallest absolute Gasteiger partial charge is 0.234 e. The molecule has 2 aromatic rings. The number of nitrogens with one attached hydrogen (secondary N) is 1. The van der Waals surface area contributed by atoms with Gasteiger partial charge in [-0.25, -0.2) is 4.68 Å². The van der Waals surface area contributed by atoms with Crippen molar-refractivity contribution in [1.82, 2.24) is 20.2 Å². The van der Waals surface area contributed by atoms with E-state index in [1.165, 1.54) is 11.8 Å². The Kier molecular flexibility index (Phi) is 5.50. The van der Waals surface area contributed by atoms with Gasteiger partial charge in [0.2, 0.25) is 11.1 Å². The lowest BCUT2D eigenvalue weighted by Crippen LogP contribution is -2.16. The highest BCUT2D eigenvalue weighted by atomic mass is 79.9. The molecule has 9 heteroatoms. The van der Waals surface area contributed by atoms with Crippen LogP contribution in [-0.2, 0) is 11.3 Å². The van der Waals surface area contributed by atoms with Crippen molar-refractivity contribution in [3.05, 3.63) is 28.7 Å². The first-order chi connectivity index (χ1) is 9.70. The van der Waals surface area contributed by atoms with Gasteiger partial charge in [0.15, 0.2) is 0 Å². The van der Waals surface area contributed by atoms with E-state index < -0.39 is 0 Å². The van der Waals surface area contributed by atoms with Crippen LogP contribution >= 0.6 is 27.7 Å². The number of amides is 1. The van der Waals surface area contributed by atoms with E-state index in [0.717, 1.165) is 10.2 Å². The summed E-state index contributed by atoms with van der Waals surface area (Å²) in [5, 5.41) is 14.6. The van der Waals surface area contributed by atoms with Gasteiger partial charge in [-0.3, -0.25) is 4.79 Å². The van der Waals surface area contributed by atoms with Gasteiger partial charge < -0.3 is 11.1 Å². The zero-order valence-electron chi connectivity index (χ0n) is 10.5. The van der Waals surface area contributed by atoms with E-state index in [2.05, 4.69) is 36.8 Å². The molecule has 0 aliphatic rings. The van der Waals surface area contributed by atoms with Crippen molar-refractivity contribution >= 4 is 39.3 Å². The van der Waals surface area contributed by atoms with Crippen molar-refractivity contribution in [2.45, 2.75) is 11.7 Å². The third kappa shape index (κ3) is 4.02. The number of aromatic nitrogens is 4. The van der Waals surface area contributed by atoms with E-state index >= 15 is 0 Å². The lowest BCUT2D eigenvalue weighted by Gasteiger charge is -2.06. The van der Waals surface area contributed by atoms with Crippen LogP contribution in [0.1, 0.15) is 0 Å². The monoisotopic (exact) mass is 356 g/mol. The van der Waals surface area contributed by atoms with Gasteiger partial charge in [-0.2, -0.15) is 0 Å². The average Bonchev–Trinajstić information content (AvgIpc) is 2.87. The third-order valence-corrected chi connectivity index (χ3v) is 3.97. The maximum absolute atomic E-state index is 11.9. The average molecular weight is 357 g/mol. The number of tetrazole rings is 1. The summed E-state index contributed by atoms with van der Waals surface area (Å²) in [6.45, 7) is 0.975. The molecule has 1 aromatic carbocycles. The Morgan fingerprint density at radius 1 is 1.45 bits per heavy atom. The normalized spacial score (nSPS) is 10.5. The van der Waals surface area contributed by atoms with Gasteiger partial charge in [0.05, 0.1) is 18.0 Å². The van der Waals surface area contributed by atoms with E-state index in [9.17, 15) is 4.79 Å². The zero-order valence-corrected chi connectivity index (χ0v) is 12.9. The fraction of sp³-hybridized carbons (Fsp3) is 0.273. The van der Waals surface area contributed by atoms with Crippen LogP contribution in [0, 0.1) is 0 Å². The molecule has 3 N–H and O–H groups in total. The molecule has 1 heterocycles. The molecular weight excluding hydrogens is 344 g/mol. The molecule has 0 fully saturated rings. The summed E-state index contributed by atoms with van der Waals surface area (Å²) in [4.78, 5) is 11.9. The first kappa shape index (κ1) is 14.9. The Hall–Kier alpha value is -1.45. The molecule has 0 aliphatic heterocycles. The first-order valence-corrected chi connectivity index (χ1v) is 7.62. The molecule has 0 saturated carbocycles. The number of para-hydroxylation sites is 1. The van der Waals surface area contributed by atoms with Gasteiger partial charge in [-0.05, 0) is 38.5 Å². The van der Waals surface area contributed by atoms with Gasteiger partial charge in [0.1, 0.15) is 0 Å². The second kappa shape index (κ2) is 7.36. The largest absolute Gasteiger partial charge is 0.329 e. The van der Waals surface area contributed by atoms with Gasteiger partial charge in [0, 0.05) is 11.0 Å². The van der Waals surface area contributed by atoms with E-state index in [4.69, 9.17) is 5.73 Å². The van der Waals surface area contributed by atoms with Crippen molar-refractivity contribution in [3.63, 3.8) is 0 Å². The number of halogens is 1. The SMILES string of the molecule is NCCn1nnnc1SCC(=O)Nc1ccccc1Br. The molecule has 20 heavy (non-hydrogen) atoms. The molecule has 2 rings (SSSR count). The molecular formula is C11H13BrN6OS. The summed E-state index contributed by atoms with van der Waals surface area (Å²) in [5.74, 6) is 0.107. The third-order valence-electron chi connectivity index (χ3n) is 2.32. The summed E-state index contributed by atoms with van der Waals surface area (Å²) >= 11 is 4.65. The quantitative estimate of drug-likeness (QED) is 0.752. The Morgan fingerprint density at radius 3 is 3.00 bits per heavy atom. The second-order valence-corrected chi connectivity index (χ2v) is 5.59. The van der Waals surface area contributed by atoms with Crippen molar-refractivity contribution in [2.24, 2.45) is 5.73 Å². The minimum absolute atomic E-state index is 0.121. The summed E-state index contributed by atoms with van der Waals surface area (Å²) in [6.07, 6.45) is 0. The lowest BCUT2D eigenvalue weighted by molar-refractivity contribution is -0.113. The number of rotatable bonds is 6. The Labute approximate surface area is 128 Å². The summed E-state index contributed by atoms with van der Waals surface area (Å²) in [5.41, 5.74) is 6.19. The lowest BCUT2D eigenvalue weighted by atomic mass is 10.3. The minimum atomic E-state index is -0.121. The van der Waals surface area contributed by atoms with Crippen molar-refractivity contribution < 1.29 is 4.79 Å². The number of nitrogens with two attached hydrogens (primary N) is 1. The predicted octanol–water partition coefficient (Wildman–Crippen LogP) is 1.13. The van der Waals surface area contributed by atoms with Crippen LogP contribution in [0.25, 0.3) is 0 Å². The Morgan fingerprint density at radius 2 is 2.25 bits per heavy atom. The standard InChI is InChI=1S/C11H13BrN6OS/c12-8-3-1-2-4-9(8)14-10(19)7-20-11-15-16-17-18(11)6-5-13/h1-4H,5-7,13H2,(H,14,19). The van der Waals surface area contributed by atoms with E-state index in [1.54, 1.807) is 4.68 Å². The maximum Gasteiger partial charge on any atom is 0.234 e. The van der Waals surface area contributed by atoms with Gasteiger partial charge in [-0.1, -0.05) is 23.9 Å². The number of benzene rings is 1. The van der Waals surface area contributed by atoms with E-state index in [0.29, 0.717) is 18.2 Å². The van der Waals surface area contributed by atoms with Crippen LogP contribution in [-0.4, -0.2) is 38.4 Å². The molecule has 0 unspecified atom stereocenters. The summed E-state index contributed by atoms with van der Waals surface area (Å²) < 4.78 is 2.42. The maximum atomic E-state index is 11.9. The molecule has 1 amide bonds. The van der Waals surface area contributed by atoms with Gasteiger partial charge in [-0.15, -0.1) is 5.10 Å². The molecule has 1 aromatic heterocycles. The topological polar surface area (TPSA) is 98.7 Å². The highest BCUT2D eigenvalue weighted by Crippen LogP contribution is 2.22. The van der Waals surface area contributed by atoms with Crippen LogP contribution in [0.5, 0.6) is 0 Å². The molecule has 0 atom stereocenters. The van der Waals surface area contributed by atoms with Crippen molar-refractivity contribution in [2.75, 3.05) is 17.6 Å². The minimum Gasteiger partial charge on any atom is -0.329 e. The Bertz CT molecular complexity index is 590. The molecule has 0 bridgehead atoms. The zero-order chi connectivity index (χ0) is 14.4. The number of carbonyl (C=O) groups is 1. The number of hydrogen-bond donors (Lipinski definition) is 2. The number of nitrogens with zero attached hydrogens (tertiary/aromatic N) is 4. The van der Waals surface area contributed by atoms with Crippen LogP contribution in [0.3, 0.4) is 0 Å². The molecule has 0 spiro atoms. The number of thioether (sulfide) groups is 1. The van der Waals surface area contributed by atoms with Crippen molar-refractivity contribution in [3.8, 4) is 0 Å². The van der Waals surface area contributed by atoms with Crippen LogP contribution in [0.15, 0.2) is 33.9 Å². The predicted molar refractivity (Wildman–Crippen MR) is 80.4 cm³/mol. The molecule has 0 aliphatic carbocycles. The van der Waals surface area contributed by atoms with Crippen LogP contribution < -0.4 is 11.1 Å².